The fourth-order valence-corrected chi connectivity index (χ4v) is 1.08. The smallest absolute Gasteiger partial charge is 0.260 e. The van der Waals surface area contributed by atoms with Crippen LogP contribution in [0.3, 0.4) is 0 Å². The Balaban J connectivity index is 3.12. The Morgan fingerprint density at radius 3 is 2.50 bits per heavy atom. The Morgan fingerprint density at radius 1 is 1.43 bits per heavy atom. The van der Waals surface area contributed by atoms with Crippen LogP contribution >= 0.6 is 0 Å². The summed E-state index contributed by atoms with van der Waals surface area (Å²) in [6, 6.07) is 1.05. The van der Waals surface area contributed by atoms with E-state index in [1.807, 2.05) is 0 Å². The zero-order chi connectivity index (χ0) is 10.8. The maximum Gasteiger partial charge on any atom is 0.260 e. The number of pyridine rings is 1. The van der Waals surface area contributed by atoms with Crippen molar-refractivity contribution in [3.8, 4) is 0 Å². The minimum Gasteiger partial charge on any atom is -0.306 e. The highest BCUT2D eigenvalue weighted by Gasteiger charge is 2.35. The molecule has 0 amide bonds. The van der Waals surface area contributed by atoms with Crippen molar-refractivity contribution in [3.05, 3.63) is 29.8 Å². The summed E-state index contributed by atoms with van der Waals surface area (Å²) in [6.45, 7) is 1.30. The molecule has 1 rings (SSSR count). The van der Waals surface area contributed by atoms with Crippen LogP contribution in [0.2, 0.25) is 0 Å². The number of halogens is 3. The van der Waals surface area contributed by atoms with Gasteiger partial charge in [0.1, 0.15) is 11.4 Å². The van der Waals surface area contributed by atoms with Crippen molar-refractivity contribution >= 4 is 0 Å². The van der Waals surface area contributed by atoms with E-state index >= 15 is 0 Å². The molecule has 0 spiro atoms. The van der Waals surface area contributed by atoms with Crippen LogP contribution in [0.1, 0.15) is 12.5 Å². The summed E-state index contributed by atoms with van der Waals surface area (Å²) in [7, 11) is 1.40. The van der Waals surface area contributed by atoms with Gasteiger partial charge in [0.25, 0.3) is 6.43 Å². The zero-order valence-electron chi connectivity index (χ0n) is 7.89. The molecule has 0 aliphatic carbocycles. The zero-order valence-corrected chi connectivity index (χ0v) is 7.89. The van der Waals surface area contributed by atoms with Gasteiger partial charge < -0.3 is 5.32 Å². The second-order valence-electron chi connectivity index (χ2n) is 3.14. The second-order valence-corrected chi connectivity index (χ2v) is 3.14. The van der Waals surface area contributed by atoms with Gasteiger partial charge in [-0.05, 0) is 25.6 Å². The normalized spacial score (nSPS) is 15.6. The van der Waals surface area contributed by atoms with Crippen LogP contribution in [-0.2, 0) is 5.54 Å². The second kappa shape index (κ2) is 3.96. The van der Waals surface area contributed by atoms with Crippen LogP contribution in [0.25, 0.3) is 0 Å². The molecular formula is C9H11F3N2. The van der Waals surface area contributed by atoms with Gasteiger partial charge in [0.05, 0.1) is 6.20 Å². The highest BCUT2D eigenvalue weighted by molar-refractivity contribution is 5.21. The SMILES string of the molecule is CNC(C)(c1cncc(F)c1)C(F)F. The number of nitrogens with zero attached hydrogens (tertiary/aromatic N) is 1. The first kappa shape index (κ1) is 11.0. The molecule has 0 aromatic carbocycles. The van der Waals surface area contributed by atoms with E-state index in [-0.39, 0.29) is 5.56 Å². The van der Waals surface area contributed by atoms with Gasteiger partial charge in [-0.3, -0.25) is 4.98 Å². The Bertz CT molecular complexity index is 317. The van der Waals surface area contributed by atoms with Gasteiger partial charge in [0.15, 0.2) is 0 Å². The first-order valence-electron chi connectivity index (χ1n) is 4.09. The monoisotopic (exact) mass is 204 g/mol. The molecule has 0 saturated heterocycles. The van der Waals surface area contributed by atoms with Gasteiger partial charge in [0, 0.05) is 6.20 Å². The molecule has 78 valence electrons. The topological polar surface area (TPSA) is 24.9 Å². The highest BCUT2D eigenvalue weighted by Crippen LogP contribution is 2.27. The number of rotatable bonds is 3. The van der Waals surface area contributed by atoms with Gasteiger partial charge in [0.2, 0.25) is 0 Å². The molecule has 0 fully saturated rings. The van der Waals surface area contributed by atoms with Crippen molar-refractivity contribution in [3.63, 3.8) is 0 Å². The van der Waals surface area contributed by atoms with Crippen LogP contribution in [0, 0.1) is 5.82 Å². The molecule has 1 heterocycles. The van der Waals surface area contributed by atoms with E-state index in [2.05, 4.69) is 10.3 Å². The molecule has 1 aromatic heterocycles. The number of aromatic nitrogens is 1. The third-order valence-corrected chi connectivity index (χ3v) is 2.26. The van der Waals surface area contributed by atoms with E-state index in [0.29, 0.717) is 0 Å². The first-order valence-corrected chi connectivity index (χ1v) is 4.09. The van der Waals surface area contributed by atoms with E-state index in [0.717, 1.165) is 12.3 Å². The predicted molar refractivity (Wildman–Crippen MR) is 46.6 cm³/mol. The summed E-state index contributed by atoms with van der Waals surface area (Å²) in [5, 5.41) is 2.46. The quantitative estimate of drug-likeness (QED) is 0.813. The molecule has 1 atom stereocenters. The molecule has 0 radical (unpaired) electrons. The van der Waals surface area contributed by atoms with Crippen molar-refractivity contribution in [1.29, 1.82) is 0 Å². The number of hydrogen-bond donors (Lipinski definition) is 1. The maximum atomic E-state index is 12.8. The minimum atomic E-state index is -2.63. The Labute approximate surface area is 80.2 Å². The van der Waals surface area contributed by atoms with Crippen molar-refractivity contribution in [2.24, 2.45) is 0 Å². The molecule has 1 aromatic rings. The van der Waals surface area contributed by atoms with Gasteiger partial charge in [-0.15, -0.1) is 0 Å². The fraction of sp³-hybridized carbons (Fsp3) is 0.444. The number of hydrogen-bond acceptors (Lipinski definition) is 2. The van der Waals surface area contributed by atoms with Crippen LogP contribution in [0.15, 0.2) is 18.5 Å². The summed E-state index contributed by atoms with van der Waals surface area (Å²) in [6.07, 6.45) is -0.423. The number of alkyl halides is 2. The van der Waals surface area contributed by atoms with Crippen molar-refractivity contribution in [2.75, 3.05) is 7.05 Å². The predicted octanol–water partition coefficient (Wildman–Crippen LogP) is 1.92. The van der Waals surface area contributed by atoms with Crippen LogP contribution < -0.4 is 5.32 Å². The Morgan fingerprint density at radius 2 is 2.07 bits per heavy atom. The molecule has 0 aliphatic heterocycles. The first-order chi connectivity index (χ1) is 6.50. The molecule has 2 nitrogen and oxygen atoms in total. The van der Waals surface area contributed by atoms with Crippen molar-refractivity contribution in [2.45, 2.75) is 18.9 Å². The molecule has 0 bridgehead atoms. The lowest BCUT2D eigenvalue weighted by atomic mass is 9.94. The molecule has 5 heteroatoms. The average molecular weight is 204 g/mol. The molecule has 1 unspecified atom stereocenters. The van der Waals surface area contributed by atoms with E-state index < -0.39 is 17.8 Å². The lowest BCUT2D eigenvalue weighted by molar-refractivity contribution is 0.0428. The Kier molecular flexibility index (Phi) is 3.10. The molecule has 0 aliphatic rings. The summed E-state index contributed by atoms with van der Waals surface area (Å²) in [5.41, 5.74) is -1.43. The highest BCUT2D eigenvalue weighted by atomic mass is 19.3. The standard InChI is InChI=1S/C9H11F3N2/c1-9(13-2,8(11)12)6-3-7(10)5-14-4-6/h3-5,8,13H,1-2H3. The maximum absolute atomic E-state index is 12.8. The number of nitrogens with one attached hydrogen (secondary N) is 1. The van der Waals surface area contributed by atoms with Crippen LogP contribution in [0.5, 0.6) is 0 Å². The summed E-state index contributed by atoms with van der Waals surface area (Å²) in [4.78, 5) is 3.53. The van der Waals surface area contributed by atoms with E-state index in [4.69, 9.17) is 0 Å². The van der Waals surface area contributed by atoms with Gasteiger partial charge >= 0.3 is 0 Å². The minimum absolute atomic E-state index is 0.134. The summed E-state index contributed by atoms with van der Waals surface area (Å²) >= 11 is 0. The fourth-order valence-electron chi connectivity index (χ4n) is 1.08. The lowest BCUT2D eigenvalue weighted by Gasteiger charge is -2.28. The van der Waals surface area contributed by atoms with E-state index in [1.165, 1.54) is 20.2 Å². The average Bonchev–Trinajstić information content (AvgIpc) is 2.16. The summed E-state index contributed by atoms with van der Waals surface area (Å²) in [5.74, 6) is -0.621. The largest absolute Gasteiger partial charge is 0.306 e. The van der Waals surface area contributed by atoms with Crippen LogP contribution in [0.4, 0.5) is 13.2 Å². The van der Waals surface area contributed by atoms with Crippen molar-refractivity contribution in [1.82, 2.24) is 10.3 Å². The van der Waals surface area contributed by atoms with E-state index in [9.17, 15) is 13.2 Å². The van der Waals surface area contributed by atoms with Crippen LogP contribution in [-0.4, -0.2) is 18.5 Å². The van der Waals surface area contributed by atoms with Gasteiger partial charge in [-0.1, -0.05) is 0 Å². The van der Waals surface area contributed by atoms with Gasteiger partial charge in [-0.25, -0.2) is 13.2 Å². The molecule has 0 saturated carbocycles. The van der Waals surface area contributed by atoms with Gasteiger partial charge in [-0.2, -0.15) is 0 Å². The third-order valence-electron chi connectivity index (χ3n) is 2.26. The van der Waals surface area contributed by atoms with Crippen molar-refractivity contribution < 1.29 is 13.2 Å². The third kappa shape index (κ3) is 1.87. The lowest BCUT2D eigenvalue weighted by Crippen LogP contribution is -2.43. The molecule has 1 N–H and O–H groups in total. The molecular weight excluding hydrogens is 193 g/mol. The Hall–Kier alpha value is -1.10. The van der Waals surface area contributed by atoms with E-state index in [1.54, 1.807) is 0 Å². The molecule has 14 heavy (non-hydrogen) atoms. The summed E-state index contributed by atoms with van der Waals surface area (Å²) < 4.78 is 38.1.